The number of amides is 3. The van der Waals surface area contributed by atoms with Crippen molar-refractivity contribution in [2.45, 2.75) is 83.5 Å². The number of fused-ring (bicyclic) bond motifs is 1. The number of halogens is 1. The van der Waals surface area contributed by atoms with E-state index in [2.05, 4.69) is 35.4 Å². The number of piperidine rings is 2. The predicted octanol–water partition coefficient (Wildman–Crippen LogP) is 4.21. The number of likely N-dealkylation sites (tertiary alicyclic amines) is 2. The van der Waals surface area contributed by atoms with Crippen molar-refractivity contribution >= 4 is 29.3 Å². The number of nitrogens with zero attached hydrogens (tertiary/aromatic N) is 3. The van der Waals surface area contributed by atoms with Gasteiger partial charge in [-0.15, -0.1) is 0 Å². The quantitative estimate of drug-likeness (QED) is 0.438. The number of hydrogen-bond acceptors (Lipinski definition) is 5. The highest BCUT2D eigenvalue weighted by atomic mass is 35.5. The third-order valence-electron chi connectivity index (χ3n) is 9.58. The average Bonchev–Trinajstić information content (AvgIpc) is 3.03. The lowest BCUT2D eigenvalue weighted by Gasteiger charge is -2.46. The van der Waals surface area contributed by atoms with E-state index in [-0.39, 0.29) is 23.6 Å². The summed E-state index contributed by atoms with van der Waals surface area (Å²) in [5.41, 5.74) is 3.12. The molecule has 3 aliphatic heterocycles. The molecule has 0 aromatic heterocycles. The van der Waals surface area contributed by atoms with Crippen LogP contribution in [0.1, 0.15) is 69.1 Å². The number of benzene rings is 2. The van der Waals surface area contributed by atoms with E-state index in [0.717, 1.165) is 68.6 Å². The first-order valence-corrected chi connectivity index (χ1v) is 16.7. The molecule has 9 heteroatoms. The maximum Gasteiger partial charge on any atom is 0.245 e. The summed E-state index contributed by atoms with van der Waals surface area (Å²) in [7, 11) is 0. The molecule has 0 saturated carbocycles. The van der Waals surface area contributed by atoms with Crippen LogP contribution in [0.5, 0.6) is 0 Å². The molecule has 2 N–H and O–H groups in total. The molecule has 3 amide bonds. The van der Waals surface area contributed by atoms with Crippen molar-refractivity contribution < 1.29 is 14.4 Å². The molecule has 3 heterocycles. The normalized spacial score (nSPS) is 20.5. The van der Waals surface area contributed by atoms with Crippen LogP contribution < -0.4 is 10.6 Å². The Hall–Kier alpha value is -2.94. The van der Waals surface area contributed by atoms with Crippen LogP contribution in [-0.2, 0) is 27.3 Å². The fourth-order valence-corrected chi connectivity index (χ4v) is 7.35. The summed E-state index contributed by atoms with van der Waals surface area (Å²) in [6.07, 6.45) is 4.23. The van der Waals surface area contributed by atoms with E-state index in [1.54, 1.807) is 6.92 Å². The standard InChI is InChI=1S/C35H48ClN5O3/c1-24(2)23-41(29-12-16-39(17-13-29)25(3)42)30-14-18-40(19-15-30)35(44)33(20-26-8-10-28(36)11-9-26)38-34(43)32-22-37-21-27-6-4-5-7-31(27)32/h4-11,24,29-30,32-33,37H,12-23H2,1-3H3,(H,38,43)/t32-,33-/m1/s1. The Morgan fingerprint density at radius 2 is 1.55 bits per heavy atom. The van der Waals surface area contributed by atoms with E-state index < -0.39 is 6.04 Å². The van der Waals surface area contributed by atoms with Crippen LogP contribution in [0.25, 0.3) is 0 Å². The molecule has 238 valence electrons. The summed E-state index contributed by atoms with van der Waals surface area (Å²) >= 11 is 6.14. The zero-order chi connectivity index (χ0) is 31.2. The molecule has 0 bridgehead atoms. The second-order valence-corrected chi connectivity index (χ2v) is 13.6. The van der Waals surface area contributed by atoms with Gasteiger partial charge in [0.1, 0.15) is 6.04 Å². The van der Waals surface area contributed by atoms with E-state index in [1.807, 2.05) is 52.3 Å². The highest BCUT2D eigenvalue weighted by Gasteiger charge is 2.36. The van der Waals surface area contributed by atoms with Crippen LogP contribution in [0.15, 0.2) is 48.5 Å². The van der Waals surface area contributed by atoms with Gasteiger partial charge in [-0.3, -0.25) is 19.3 Å². The molecule has 2 atom stereocenters. The number of carbonyl (C=O) groups excluding carboxylic acids is 3. The van der Waals surface area contributed by atoms with Crippen molar-refractivity contribution in [1.82, 2.24) is 25.3 Å². The third-order valence-corrected chi connectivity index (χ3v) is 9.83. The van der Waals surface area contributed by atoms with E-state index >= 15 is 0 Å². The van der Waals surface area contributed by atoms with Crippen LogP contribution in [-0.4, -0.2) is 89.8 Å². The molecule has 44 heavy (non-hydrogen) atoms. The van der Waals surface area contributed by atoms with Crippen molar-refractivity contribution in [3.63, 3.8) is 0 Å². The van der Waals surface area contributed by atoms with Gasteiger partial charge >= 0.3 is 0 Å². The Balaban J connectivity index is 1.26. The van der Waals surface area contributed by atoms with Crippen molar-refractivity contribution in [3.05, 3.63) is 70.2 Å². The Labute approximate surface area is 267 Å². The molecule has 3 aliphatic rings. The molecule has 5 rings (SSSR count). The van der Waals surface area contributed by atoms with Crippen molar-refractivity contribution in [2.75, 3.05) is 39.3 Å². The molecule has 8 nitrogen and oxygen atoms in total. The largest absolute Gasteiger partial charge is 0.343 e. The molecule has 0 unspecified atom stereocenters. The van der Waals surface area contributed by atoms with Crippen molar-refractivity contribution in [2.24, 2.45) is 5.92 Å². The average molecular weight is 622 g/mol. The topological polar surface area (TPSA) is 85.0 Å². The van der Waals surface area contributed by atoms with Crippen LogP contribution in [0.2, 0.25) is 5.02 Å². The fraction of sp³-hybridized carbons (Fsp3) is 0.571. The van der Waals surface area contributed by atoms with Crippen LogP contribution in [0, 0.1) is 5.92 Å². The minimum atomic E-state index is -0.656. The number of nitrogens with one attached hydrogen (secondary N) is 2. The van der Waals surface area contributed by atoms with Gasteiger partial charge < -0.3 is 20.4 Å². The number of rotatable bonds is 9. The van der Waals surface area contributed by atoms with Gasteiger partial charge in [0.2, 0.25) is 17.7 Å². The molecule has 0 radical (unpaired) electrons. The Morgan fingerprint density at radius 3 is 2.16 bits per heavy atom. The van der Waals surface area contributed by atoms with Gasteiger partial charge in [0.15, 0.2) is 0 Å². The highest BCUT2D eigenvalue weighted by Crippen LogP contribution is 2.27. The SMILES string of the molecule is CC(=O)N1CCC(N(CC(C)C)C2CCN(C(=O)[C@@H](Cc3ccc(Cl)cc3)NC(=O)[C@@H]3CNCc4ccccc43)CC2)CC1. The molecule has 0 aliphatic carbocycles. The Morgan fingerprint density at radius 1 is 0.932 bits per heavy atom. The van der Waals surface area contributed by atoms with E-state index in [4.69, 9.17) is 11.6 Å². The van der Waals surface area contributed by atoms with Gasteiger partial charge in [-0.2, -0.15) is 0 Å². The number of hydrogen-bond donors (Lipinski definition) is 2. The van der Waals surface area contributed by atoms with Gasteiger partial charge in [-0.25, -0.2) is 0 Å². The van der Waals surface area contributed by atoms with Crippen molar-refractivity contribution in [3.8, 4) is 0 Å². The van der Waals surface area contributed by atoms with Crippen LogP contribution >= 0.6 is 11.6 Å². The molecular weight excluding hydrogens is 574 g/mol. The lowest BCUT2D eigenvalue weighted by molar-refractivity contribution is -0.138. The van der Waals surface area contributed by atoms with E-state index in [0.29, 0.717) is 49.1 Å². The second-order valence-electron chi connectivity index (χ2n) is 13.2. The minimum Gasteiger partial charge on any atom is -0.343 e. The zero-order valence-corrected chi connectivity index (χ0v) is 27.2. The van der Waals surface area contributed by atoms with Gasteiger partial charge in [0.05, 0.1) is 5.92 Å². The summed E-state index contributed by atoms with van der Waals surface area (Å²) in [4.78, 5) is 46.3. The molecule has 0 spiro atoms. The second kappa shape index (κ2) is 14.9. The smallest absolute Gasteiger partial charge is 0.245 e. The van der Waals surface area contributed by atoms with Crippen LogP contribution in [0.4, 0.5) is 0 Å². The summed E-state index contributed by atoms with van der Waals surface area (Å²) in [5, 5.41) is 7.17. The summed E-state index contributed by atoms with van der Waals surface area (Å²) in [5.74, 6) is 0.222. The molecule has 2 aromatic rings. The molecular formula is C35H48ClN5O3. The molecule has 2 fully saturated rings. The number of carbonyl (C=O) groups is 3. The van der Waals surface area contributed by atoms with E-state index in [1.165, 1.54) is 0 Å². The lowest BCUT2D eigenvalue weighted by atomic mass is 9.89. The highest BCUT2D eigenvalue weighted by molar-refractivity contribution is 6.30. The first-order chi connectivity index (χ1) is 21.2. The van der Waals surface area contributed by atoms with Gasteiger partial charge in [-0.05, 0) is 60.4 Å². The summed E-state index contributed by atoms with van der Waals surface area (Å²) < 4.78 is 0. The van der Waals surface area contributed by atoms with E-state index in [9.17, 15) is 14.4 Å². The zero-order valence-electron chi connectivity index (χ0n) is 26.4. The van der Waals surface area contributed by atoms with Gasteiger partial charge in [0, 0.05) is 76.3 Å². The predicted molar refractivity (Wildman–Crippen MR) is 174 cm³/mol. The fourth-order valence-electron chi connectivity index (χ4n) is 7.23. The summed E-state index contributed by atoms with van der Waals surface area (Å²) in [6, 6.07) is 15.8. The minimum absolute atomic E-state index is 0.0195. The first kappa shape index (κ1) is 32.5. The van der Waals surface area contributed by atoms with Crippen LogP contribution in [0.3, 0.4) is 0 Å². The first-order valence-electron chi connectivity index (χ1n) is 16.3. The van der Waals surface area contributed by atoms with Crippen molar-refractivity contribution in [1.29, 1.82) is 0 Å². The Bertz CT molecular complexity index is 1290. The molecule has 2 aromatic carbocycles. The molecule has 2 saturated heterocycles. The lowest BCUT2D eigenvalue weighted by Crippen LogP contribution is -2.57. The monoisotopic (exact) mass is 621 g/mol. The maximum absolute atomic E-state index is 14.1. The third kappa shape index (κ3) is 8.01. The van der Waals surface area contributed by atoms with Gasteiger partial charge in [0.25, 0.3) is 0 Å². The Kier molecular flexibility index (Phi) is 11.0. The summed E-state index contributed by atoms with van der Waals surface area (Å²) in [6.45, 7) is 11.5. The van der Waals surface area contributed by atoms with Gasteiger partial charge in [-0.1, -0.05) is 61.8 Å². The maximum atomic E-state index is 14.1.